The van der Waals surface area contributed by atoms with Crippen molar-refractivity contribution in [3.05, 3.63) is 71.9 Å². The minimum Gasteiger partial charge on any atom is -0.352 e. The van der Waals surface area contributed by atoms with E-state index >= 15 is 0 Å². The van der Waals surface area contributed by atoms with Gasteiger partial charge in [0.1, 0.15) is 0 Å². The van der Waals surface area contributed by atoms with Crippen molar-refractivity contribution in [2.75, 3.05) is 6.54 Å². The summed E-state index contributed by atoms with van der Waals surface area (Å²) >= 11 is 0. The third kappa shape index (κ3) is 4.79. The van der Waals surface area contributed by atoms with Crippen molar-refractivity contribution in [2.45, 2.75) is 26.3 Å². The number of hydrogen-bond donors (Lipinski definition) is 2. The summed E-state index contributed by atoms with van der Waals surface area (Å²) in [6.07, 6.45) is 7.42. The van der Waals surface area contributed by atoms with Crippen molar-refractivity contribution in [2.24, 2.45) is 0 Å². The fraction of sp³-hybridized carbons (Fsp3) is 0.250. The first-order chi connectivity index (χ1) is 13.7. The molecule has 0 aliphatic heterocycles. The fourth-order valence-electron chi connectivity index (χ4n) is 2.76. The number of hydrogen-bond acceptors (Lipinski definition) is 5. The van der Waals surface area contributed by atoms with Crippen molar-refractivity contribution in [1.82, 2.24) is 30.4 Å². The highest BCUT2D eigenvalue weighted by molar-refractivity contribution is 5.95. The monoisotopic (exact) mass is 378 g/mol. The van der Waals surface area contributed by atoms with Crippen LogP contribution in [0.15, 0.2) is 55.1 Å². The zero-order valence-corrected chi connectivity index (χ0v) is 15.6. The van der Waals surface area contributed by atoms with Gasteiger partial charge in [-0.2, -0.15) is 5.10 Å². The van der Waals surface area contributed by atoms with E-state index in [2.05, 4.69) is 25.7 Å². The lowest BCUT2D eigenvalue weighted by molar-refractivity contribution is -0.121. The second-order valence-corrected chi connectivity index (χ2v) is 6.10. The van der Waals surface area contributed by atoms with Crippen molar-refractivity contribution in [3.63, 3.8) is 0 Å². The van der Waals surface area contributed by atoms with Gasteiger partial charge in [-0.3, -0.25) is 14.6 Å². The first-order valence-electron chi connectivity index (χ1n) is 9.11. The minimum absolute atomic E-state index is 0.135. The van der Waals surface area contributed by atoms with E-state index in [0.29, 0.717) is 24.3 Å². The molecule has 0 aliphatic rings. The maximum Gasteiger partial charge on any atom is 0.254 e. The maximum absolute atomic E-state index is 12.5. The summed E-state index contributed by atoms with van der Waals surface area (Å²) < 4.78 is 1.66. The molecule has 0 aliphatic carbocycles. The Bertz CT molecular complexity index is 924. The number of nitrogens with one attached hydrogen (secondary N) is 2. The summed E-state index contributed by atoms with van der Waals surface area (Å²) in [4.78, 5) is 32.7. The molecule has 144 valence electrons. The van der Waals surface area contributed by atoms with E-state index in [0.717, 1.165) is 11.3 Å². The molecular formula is C20H22N6O2. The van der Waals surface area contributed by atoms with E-state index in [9.17, 15) is 9.59 Å². The van der Waals surface area contributed by atoms with Crippen LogP contribution in [-0.4, -0.2) is 38.1 Å². The third-order valence-electron chi connectivity index (χ3n) is 4.16. The van der Waals surface area contributed by atoms with Gasteiger partial charge in [-0.05, 0) is 30.2 Å². The van der Waals surface area contributed by atoms with E-state index in [1.165, 1.54) is 6.20 Å². The smallest absolute Gasteiger partial charge is 0.254 e. The molecule has 3 aromatic heterocycles. The predicted molar refractivity (Wildman–Crippen MR) is 104 cm³/mol. The van der Waals surface area contributed by atoms with Gasteiger partial charge in [-0.1, -0.05) is 19.1 Å². The molecule has 0 spiro atoms. The maximum atomic E-state index is 12.5. The quantitative estimate of drug-likeness (QED) is 0.621. The third-order valence-corrected chi connectivity index (χ3v) is 4.16. The average molecular weight is 378 g/mol. The summed E-state index contributed by atoms with van der Waals surface area (Å²) in [6.45, 7) is 2.62. The molecule has 0 fully saturated rings. The van der Waals surface area contributed by atoms with E-state index < -0.39 is 0 Å². The summed E-state index contributed by atoms with van der Waals surface area (Å²) in [6, 6.07) is 9.23. The number of pyridine rings is 2. The van der Waals surface area contributed by atoms with Crippen LogP contribution in [-0.2, 0) is 17.8 Å². The molecule has 3 aromatic rings. The lowest BCUT2D eigenvalue weighted by atomic mass is 10.2. The molecule has 0 atom stereocenters. The molecular weight excluding hydrogens is 356 g/mol. The zero-order chi connectivity index (χ0) is 19.8. The molecule has 2 N–H and O–H groups in total. The van der Waals surface area contributed by atoms with E-state index in [4.69, 9.17) is 0 Å². The largest absolute Gasteiger partial charge is 0.352 e. The van der Waals surface area contributed by atoms with E-state index in [-0.39, 0.29) is 24.8 Å². The molecule has 8 heteroatoms. The molecule has 0 aromatic carbocycles. The molecule has 0 bridgehead atoms. The number of aromatic nitrogens is 4. The van der Waals surface area contributed by atoms with Crippen molar-refractivity contribution in [3.8, 4) is 5.82 Å². The van der Waals surface area contributed by atoms with Crippen molar-refractivity contribution >= 4 is 11.8 Å². The van der Waals surface area contributed by atoms with Crippen LogP contribution in [0.2, 0.25) is 0 Å². The van der Waals surface area contributed by atoms with E-state index in [1.54, 1.807) is 23.3 Å². The van der Waals surface area contributed by atoms with Crippen LogP contribution in [0.5, 0.6) is 0 Å². The first-order valence-corrected chi connectivity index (χ1v) is 9.11. The van der Waals surface area contributed by atoms with Gasteiger partial charge in [-0.15, -0.1) is 0 Å². The number of rotatable bonds is 8. The zero-order valence-electron chi connectivity index (χ0n) is 15.6. The summed E-state index contributed by atoms with van der Waals surface area (Å²) in [5, 5.41) is 9.88. The van der Waals surface area contributed by atoms with Gasteiger partial charge in [0.2, 0.25) is 5.91 Å². The van der Waals surface area contributed by atoms with Crippen LogP contribution in [0.4, 0.5) is 0 Å². The summed E-state index contributed by atoms with van der Waals surface area (Å²) in [5.74, 6) is 0.274. The predicted octanol–water partition coefficient (Wildman–Crippen LogP) is 1.66. The number of carbonyl (C=O) groups is 2. The number of carbonyl (C=O) groups excluding carboxylic acids is 2. The molecule has 3 heterocycles. The Hall–Kier alpha value is -3.55. The lowest BCUT2D eigenvalue weighted by Crippen LogP contribution is -2.30. The van der Waals surface area contributed by atoms with Gasteiger partial charge in [0.15, 0.2) is 5.82 Å². The summed E-state index contributed by atoms with van der Waals surface area (Å²) in [5.41, 5.74) is 2.19. The molecule has 0 radical (unpaired) electrons. The molecule has 8 nitrogen and oxygen atoms in total. The lowest BCUT2D eigenvalue weighted by Gasteiger charge is -2.08. The Morgan fingerprint density at radius 1 is 1.07 bits per heavy atom. The Labute approximate surface area is 163 Å². The Balaban J connectivity index is 1.52. The van der Waals surface area contributed by atoms with Crippen molar-refractivity contribution < 1.29 is 9.59 Å². The molecule has 0 saturated heterocycles. The topological polar surface area (TPSA) is 102 Å². The standard InChI is InChI=1S/C20H22N6O2/c1-2-17-16(14-25-26(17)18-7-3-4-10-22-18)20(28)23-11-8-19(27)24-13-15-6-5-9-21-12-15/h3-7,9-10,12,14H,2,8,11,13H2,1H3,(H,23,28)(H,24,27). The van der Waals surface area contributed by atoms with Gasteiger partial charge < -0.3 is 10.6 Å². The molecule has 0 unspecified atom stereocenters. The SMILES string of the molecule is CCc1c(C(=O)NCCC(=O)NCc2cccnc2)cnn1-c1ccccn1. The molecule has 3 rings (SSSR count). The second kappa shape index (κ2) is 9.40. The van der Waals surface area contributed by atoms with Gasteiger partial charge in [0, 0.05) is 38.1 Å². The van der Waals surface area contributed by atoms with Gasteiger partial charge >= 0.3 is 0 Å². The summed E-state index contributed by atoms with van der Waals surface area (Å²) in [7, 11) is 0. The molecule has 0 saturated carbocycles. The molecule has 28 heavy (non-hydrogen) atoms. The van der Waals surface area contributed by atoms with Gasteiger partial charge in [0.05, 0.1) is 17.5 Å². The van der Waals surface area contributed by atoms with Crippen molar-refractivity contribution in [1.29, 1.82) is 0 Å². The van der Waals surface area contributed by atoms with Crippen LogP contribution in [0.1, 0.15) is 35.0 Å². The highest BCUT2D eigenvalue weighted by Gasteiger charge is 2.17. The molecule has 2 amide bonds. The average Bonchev–Trinajstić information content (AvgIpc) is 3.18. The first kappa shape index (κ1) is 19.2. The highest BCUT2D eigenvalue weighted by Crippen LogP contribution is 2.14. The highest BCUT2D eigenvalue weighted by atomic mass is 16.2. The van der Waals surface area contributed by atoms with Crippen LogP contribution >= 0.6 is 0 Å². The van der Waals surface area contributed by atoms with Crippen LogP contribution in [0, 0.1) is 0 Å². The Morgan fingerprint density at radius 2 is 1.96 bits per heavy atom. The Kier molecular flexibility index (Phi) is 6.46. The number of nitrogens with zero attached hydrogens (tertiary/aromatic N) is 4. The van der Waals surface area contributed by atoms with Gasteiger partial charge in [0.25, 0.3) is 5.91 Å². The van der Waals surface area contributed by atoms with Crippen LogP contribution < -0.4 is 10.6 Å². The van der Waals surface area contributed by atoms with Crippen LogP contribution in [0.25, 0.3) is 5.82 Å². The fourth-order valence-corrected chi connectivity index (χ4v) is 2.76. The van der Waals surface area contributed by atoms with Crippen LogP contribution in [0.3, 0.4) is 0 Å². The Morgan fingerprint density at radius 3 is 2.68 bits per heavy atom. The van der Waals surface area contributed by atoms with Gasteiger partial charge in [-0.25, -0.2) is 9.67 Å². The second-order valence-electron chi connectivity index (χ2n) is 6.10. The minimum atomic E-state index is -0.251. The number of amides is 2. The van der Waals surface area contributed by atoms with E-state index in [1.807, 2.05) is 37.3 Å². The normalized spacial score (nSPS) is 10.5.